The van der Waals surface area contributed by atoms with E-state index in [1.807, 2.05) is 30.3 Å². The number of fused-ring (bicyclic) bond motifs is 2. The molecule has 33 heavy (non-hydrogen) atoms. The van der Waals surface area contributed by atoms with E-state index in [0.717, 1.165) is 16.9 Å². The molecule has 2 aliphatic rings. The zero-order valence-electron chi connectivity index (χ0n) is 19.4. The van der Waals surface area contributed by atoms with Crippen molar-refractivity contribution in [2.24, 2.45) is 0 Å². The number of rotatable bonds is 4. The van der Waals surface area contributed by atoms with Crippen molar-refractivity contribution >= 4 is 17.7 Å². The van der Waals surface area contributed by atoms with Crippen LogP contribution >= 0.6 is 0 Å². The SMILES string of the molecule is COc1cc2c(cc1OCc1ccccc1)C(=O)N1CCC[C@H]1[C@H](O)N2C(=O)OC(C)(C)C. The molecule has 2 aromatic rings. The molecule has 2 amide bonds. The van der Waals surface area contributed by atoms with Crippen LogP contribution in [0.15, 0.2) is 42.5 Å². The summed E-state index contributed by atoms with van der Waals surface area (Å²) in [6.45, 7) is 6.06. The molecule has 0 spiro atoms. The zero-order valence-corrected chi connectivity index (χ0v) is 19.4. The molecule has 0 saturated carbocycles. The van der Waals surface area contributed by atoms with Crippen molar-refractivity contribution in [2.75, 3.05) is 18.6 Å². The van der Waals surface area contributed by atoms with Crippen LogP contribution in [0.1, 0.15) is 49.5 Å². The lowest BCUT2D eigenvalue weighted by molar-refractivity contribution is 0.0310. The minimum atomic E-state index is -1.24. The number of aliphatic hydroxyl groups excluding tert-OH is 1. The smallest absolute Gasteiger partial charge is 0.417 e. The van der Waals surface area contributed by atoms with E-state index in [1.165, 1.54) is 7.11 Å². The van der Waals surface area contributed by atoms with E-state index in [9.17, 15) is 14.7 Å². The Morgan fingerprint density at radius 2 is 1.88 bits per heavy atom. The summed E-state index contributed by atoms with van der Waals surface area (Å²) in [5.41, 5.74) is 0.685. The third-order valence-corrected chi connectivity index (χ3v) is 5.77. The molecule has 8 nitrogen and oxygen atoms in total. The monoisotopic (exact) mass is 454 g/mol. The van der Waals surface area contributed by atoms with Gasteiger partial charge in [-0.3, -0.25) is 4.79 Å². The van der Waals surface area contributed by atoms with E-state index in [2.05, 4.69) is 0 Å². The molecule has 1 N–H and O–H groups in total. The molecule has 0 unspecified atom stereocenters. The van der Waals surface area contributed by atoms with Crippen LogP contribution in [-0.4, -0.2) is 53.5 Å². The molecule has 2 heterocycles. The van der Waals surface area contributed by atoms with Crippen LogP contribution in [0.5, 0.6) is 11.5 Å². The van der Waals surface area contributed by atoms with E-state index in [0.29, 0.717) is 24.5 Å². The number of carbonyl (C=O) groups excluding carboxylic acids is 2. The molecule has 0 bridgehead atoms. The Balaban J connectivity index is 1.78. The van der Waals surface area contributed by atoms with E-state index in [4.69, 9.17) is 14.2 Å². The number of amides is 2. The molecule has 0 radical (unpaired) electrons. The standard InChI is InChI=1S/C25H30N2O6/c1-25(2,3)33-24(30)27-19-14-20(31-4)21(32-15-16-9-6-5-7-10-16)13-17(19)22(28)26-12-8-11-18(26)23(27)29/h5-7,9-10,13-14,18,23,29H,8,11-12,15H2,1-4H3/t18-,23-/m0/s1. The Morgan fingerprint density at radius 3 is 2.55 bits per heavy atom. The van der Waals surface area contributed by atoms with E-state index in [-0.39, 0.29) is 23.8 Å². The van der Waals surface area contributed by atoms with Crippen LogP contribution in [0.25, 0.3) is 0 Å². The minimum Gasteiger partial charge on any atom is -0.493 e. The van der Waals surface area contributed by atoms with Crippen LogP contribution in [0.4, 0.5) is 10.5 Å². The van der Waals surface area contributed by atoms with Crippen LogP contribution in [0, 0.1) is 0 Å². The number of aliphatic hydroxyl groups is 1. The fraction of sp³-hybridized carbons (Fsp3) is 0.440. The van der Waals surface area contributed by atoms with Gasteiger partial charge in [0.05, 0.1) is 24.4 Å². The van der Waals surface area contributed by atoms with Crippen molar-refractivity contribution < 1.29 is 28.9 Å². The Kier molecular flexibility index (Phi) is 6.21. The first kappa shape index (κ1) is 22.9. The normalized spacial score (nSPS) is 20.1. The number of nitrogens with zero attached hydrogens (tertiary/aromatic N) is 2. The van der Waals surface area contributed by atoms with E-state index >= 15 is 0 Å². The first-order valence-electron chi connectivity index (χ1n) is 11.1. The summed E-state index contributed by atoms with van der Waals surface area (Å²) in [6, 6.07) is 12.3. The van der Waals surface area contributed by atoms with Crippen LogP contribution < -0.4 is 14.4 Å². The number of hydrogen-bond donors (Lipinski definition) is 1. The molecule has 2 atom stereocenters. The highest BCUT2D eigenvalue weighted by Gasteiger charge is 2.45. The summed E-state index contributed by atoms with van der Waals surface area (Å²) >= 11 is 0. The predicted molar refractivity (Wildman–Crippen MR) is 123 cm³/mol. The number of hydrogen-bond acceptors (Lipinski definition) is 6. The topological polar surface area (TPSA) is 88.5 Å². The molecular formula is C25H30N2O6. The van der Waals surface area contributed by atoms with Gasteiger partial charge in [-0.15, -0.1) is 0 Å². The lowest BCUT2D eigenvalue weighted by Gasteiger charge is -2.33. The Labute approximate surface area is 193 Å². The number of methoxy groups -OCH3 is 1. The van der Waals surface area contributed by atoms with Gasteiger partial charge < -0.3 is 24.2 Å². The molecule has 176 valence electrons. The summed E-state index contributed by atoms with van der Waals surface area (Å²) in [5, 5.41) is 11.2. The number of benzene rings is 2. The highest BCUT2D eigenvalue weighted by atomic mass is 16.6. The average Bonchev–Trinajstić information content (AvgIpc) is 3.24. The summed E-state index contributed by atoms with van der Waals surface area (Å²) in [5.74, 6) is 0.467. The fourth-order valence-electron chi connectivity index (χ4n) is 4.27. The van der Waals surface area contributed by atoms with Crippen molar-refractivity contribution in [3.63, 3.8) is 0 Å². The largest absolute Gasteiger partial charge is 0.493 e. The van der Waals surface area contributed by atoms with Gasteiger partial charge in [0.1, 0.15) is 12.2 Å². The van der Waals surface area contributed by atoms with Crippen LogP contribution in [0.2, 0.25) is 0 Å². The van der Waals surface area contributed by atoms with Gasteiger partial charge >= 0.3 is 6.09 Å². The van der Waals surface area contributed by atoms with Gasteiger partial charge in [-0.05, 0) is 45.2 Å². The Bertz CT molecular complexity index is 1030. The number of anilines is 1. The number of carbonyl (C=O) groups is 2. The van der Waals surface area contributed by atoms with E-state index < -0.39 is 24.0 Å². The molecule has 2 aliphatic heterocycles. The summed E-state index contributed by atoms with van der Waals surface area (Å²) in [4.78, 5) is 29.4. The molecule has 1 saturated heterocycles. The summed E-state index contributed by atoms with van der Waals surface area (Å²) in [6.07, 6.45) is -0.626. The first-order valence-corrected chi connectivity index (χ1v) is 11.1. The quantitative estimate of drug-likeness (QED) is 0.753. The van der Waals surface area contributed by atoms with Crippen LogP contribution in [-0.2, 0) is 11.3 Å². The average molecular weight is 455 g/mol. The Hall–Kier alpha value is -3.26. The zero-order chi connectivity index (χ0) is 23.8. The maximum atomic E-state index is 13.5. The van der Waals surface area contributed by atoms with Crippen molar-refractivity contribution in [1.29, 1.82) is 0 Å². The lowest BCUT2D eigenvalue weighted by atomic mass is 10.1. The highest BCUT2D eigenvalue weighted by Crippen LogP contribution is 2.41. The van der Waals surface area contributed by atoms with Gasteiger partial charge in [-0.1, -0.05) is 30.3 Å². The lowest BCUT2D eigenvalue weighted by Crippen LogP contribution is -2.51. The van der Waals surface area contributed by atoms with Crippen molar-refractivity contribution in [1.82, 2.24) is 4.90 Å². The molecule has 0 aromatic heterocycles. The first-order chi connectivity index (χ1) is 15.7. The maximum absolute atomic E-state index is 13.5. The third-order valence-electron chi connectivity index (χ3n) is 5.77. The van der Waals surface area contributed by atoms with E-state index in [1.54, 1.807) is 37.8 Å². The summed E-state index contributed by atoms with van der Waals surface area (Å²) in [7, 11) is 1.49. The fourth-order valence-corrected chi connectivity index (χ4v) is 4.27. The predicted octanol–water partition coefficient (Wildman–Crippen LogP) is 3.95. The second-order valence-corrected chi connectivity index (χ2v) is 9.27. The number of ether oxygens (including phenoxy) is 3. The molecule has 2 aromatic carbocycles. The van der Waals surface area contributed by atoms with Gasteiger partial charge in [0, 0.05) is 12.6 Å². The van der Waals surface area contributed by atoms with Crippen molar-refractivity contribution in [2.45, 2.75) is 58.1 Å². The molecule has 0 aliphatic carbocycles. The van der Waals surface area contributed by atoms with Gasteiger partial charge in [0.15, 0.2) is 17.7 Å². The van der Waals surface area contributed by atoms with Gasteiger partial charge in [0.2, 0.25) is 0 Å². The molecule has 1 fully saturated rings. The maximum Gasteiger partial charge on any atom is 0.417 e. The Morgan fingerprint density at radius 1 is 1.15 bits per heavy atom. The molecule has 8 heteroatoms. The van der Waals surface area contributed by atoms with Crippen molar-refractivity contribution in [3.05, 3.63) is 53.6 Å². The summed E-state index contributed by atoms with van der Waals surface area (Å²) < 4.78 is 17.1. The third kappa shape index (κ3) is 4.61. The van der Waals surface area contributed by atoms with Gasteiger partial charge in [-0.25, -0.2) is 9.69 Å². The van der Waals surface area contributed by atoms with Crippen LogP contribution in [0.3, 0.4) is 0 Å². The molecular weight excluding hydrogens is 424 g/mol. The van der Waals surface area contributed by atoms with Gasteiger partial charge in [0.25, 0.3) is 5.91 Å². The highest BCUT2D eigenvalue weighted by molar-refractivity contribution is 6.06. The van der Waals surface area contributed by atoms with Gasteiger partial charge in [-0.2, -0.15) is 0 Å². The molecule has 4 rings (SSSR count). The van der Waals surface area contributed by atoms with Crippen molar-refractivity contribution in [3.8, 4) is 11.5 Å². The second-order valence-electron chi connectivity index (χ2n) is 9.27. The minimum absolute atomic E-state index is 0.236. The second kappa shape index (κ2) is 8.94.